The molecule has 1 rings (SSSR count). The monoisotopic (exact) mass is 176 g/mol. The number of para-hydroxylation sites is 1. The van der Waals surface area contributed by atoms with Gasteiger partial charge >= 0.3 is 0 Å². The van der Waals surface area contributed by atoms with E-state index in [1.54, 1.807) is 7.11 Å². The Morgan fingerprint density at radius 1 is 1.31 bits per heavy atom. The zero-order chi connectivity index (χ0) is 9.52. The topological polar surface area (TPSA) is 9.23 Å². The van der Waals surface area contributed by atoms with Crippen molar-refractivity contribution in [2.75, 3.05) is 7.11 Å². The molecule has 13 heavy (non-hydrogen) atoms. The summed E-state index contributed by atoms with van der Waals surface area (Å²) in [5.41, 5.74) is 1.15. The molecule has 1 aromatic rings. The van der Waals surface area contributed by atoms with Gasteiger partial charge in [-0.3, -0.25) is 0 Å². The molecule has 1 nitrogen and oxygen atoms in total. The average Bonchev–Trinajstić information content (AvgIpc) is 2.19. The Kier molecular flexibility index (Phi) is 4.10. The number of hydrogen-bond donors (Lipinski definition) is 0. The average molecular weight is 176 g/mol. The van der Waals surface area contributed by atoms with Crippen LogP contribution in [-0.4, -0.2) is 7.11 Å². The Hall–Kier alpha value is -1.24. The van der Waals surface area contributed by atoms with E-state index in [2.05, 4.69) is 25.1 Å². The van der Waals surface area contributed by atoms with Crippen molar-refractivity contribution in [1.82, 2.24) is 0 Å². The fourth-order valence-electron chi connectivity index (χ4n) is 1.18. The van der Waals surface area contributed by atoms with Crippen LogP contribution < -0.4 is 4.74 Å². The third kappa shape index (κ3) is 2.94. The summed E-state index contributed by atoms with van der Waals surface area (Å²) in [6.07, 6.45) is 6.60. The van der Waals surface area contributed by atoms with E-state index in [0.717, 1.165) is 17.7 Å². The van der Waals surface area contributed by atoms with E-state index in [-0.39, 0.29) is 0 Å². The number of hydrogen-bond acceptors (Lipinski definition) is 1. The third-order valence-corrected chi connectivity index (χ3v) is 1.89. The molecule has 0 saturated heterocycles. The lowest BCUT2D eigenvalue weighted by molar-refractivity contribution is 0.414. The van der Waals surface area contributed by atoms with Gasteiger partial charge < -0.3 is 4.74 Å². The summed E-state index contributed by atoms with van der Waals surface area (Å²) < 4.78 is 5.22. The predicted molar refractivity (Wildman–Crippen MR) is 56.9 cm³/mol. The van der Waals surface area contributed by atoms with Crippen LogP contribution in [0, 0.1) is 0 Å². The van der Waals surface area contributed by atoms with Crippen LogP contribution in [-0.2, 0) is 0 Å². The maximum Gasteiger partial charge on any atom is 0.126 e. The summed E-state index contributed by atoms with van der Waals surface area (Å²) in [7, 11) is 1.70. The highest BCUT2D eigenvalue weighted by molar-refractivity contribution is 5.56. The summed E-state index contributed by atoms with van der Waals surface area (Å²) in [6, 6.07) is 8.04. The minimum atomic E-state index is 0.940. The fourth-order valence-corrected chi connectivity index (χ4v) is 1.18. The molecule has 1 aromatic carbocycles. The smallest absolute Gasteiger partial charge is 0.126 e. The highest BCUT2D eigenvalue weighted by Crippen LogP contribution is 2.18. The van der Waals surface area contributed by atoms with Gasteiger partial charge in [-0.25, -0.2) is 0 Å². The molecule has 0 aliphatic carbocycles. The minimum Gasteiger partial charge on any atom is -0.496 e. The maximum atomic E-state index is 5.22. The Morgan fingerprint density at radius 2 is 2.08 bits per heavy atom. The lowest BCUT2D eigenvalue weighted by Gasteiger charge is -2.02. The van der Waals surface area contributed by atoms with Gasteiger partial charge in [-0.05, 0) is 12.5 Å². The van der Waals surface area contributed by atoms with E-state index in [0.29, 0.717) is 0 Å². The molecule has 0 N–H and O–H groups in total. The number of rotatable bonds is 4. The van der Waals surface area contributed by atoms with Gasteiger partial charge in [0.05, 0.1) is 7.11 Å². The molecule has 0 radical (unpaired) electrons. The SMILES string of the molecule is CCC/C=C/c1ccccc1OC. The lowest BCUT2D eigenvalue weighted by Crippen LogP contribution is -1.85. The largest absolute Gasteiger partial charge is 0.496 e. The Bertz CT molecular complexity index is 276. The quantitative estimate of drug-likeness (QED) is 0.682. The first-order valence-electron chi connectivity index (χ1n) is 4.68. The predicted octanol–water partition coefficient (Wildman–Crippen LogP) is 3.51. The van der Waals surface area contributed by atoms with Gasteiger partial charge in [0.1, 0.15) is 5.75 Å². The van der Waals surface area contributed by atoms with Gasteiger partial charge in [0.2, 0.25) is 0 Å². The Labute approximate surface area is 80.0 Å². The molecule has 0 spiro atoms. The second kappa shape index (κ2) is 5.41. The van der Waals surface area contributed by atoms with Gasteiger partial charge in [-0.2, -0.15) is 0 Å². The molecule has 0 bridgehead atoms. The molecular formula is C12H16O. The van der Waals surface area contributed by atoms with Gasteiger partial charge in [-0.1, -0.05) is 43.7 Å². The number of methoxy groups -OCH3 is 1. The van der Waals surface area contributed by atoms with Gasteiger partial charge in [0.15, 0.2) is 0 Å². The van der Waals surface area contributed by atoms with E-state index >= 15 is 0 Å². The van der Waals surface area contributed by atoms with Gasteiger partial charge in [0.25, 0.3) is 0 Å². The van der Waals surface area contributed by atoms with Crippen LogP contribution in [0.2, 0.25) is 0 Å². The summed E-state index contributed by atoms with van der Waals surface area (Å²) >= 11 is 0. The highest BCUT2D eigenvalue weighted by Gasteiger charge is 1.94. The molecule has 0 unspecified atom stereocenters. The second-order valence-electron chi connectivity index (χ2n) is 2.93. The third-order valence-electron chi connectivity index (χ3n) is 1.89. The standard InChI is InChI=1S/C12H16O/c1-3-4-5-8-11-9-6-7-10-12(11)13-2/h5-10H,3-4H2,1-2H3/b8-5+. The number of ether oxygens (including phenoxy) is 1. The summed E-state index contributed by atoms with van der Waals surface area (Å²) in [5.74, 6) is 0.940. The number of benzene rings is 1. The molecule has 0 aliphatic heterocycles. The first kappa shape index (κ1) is 9.85. The molecule has 1 heteroatoms. The molecule has 0 fully saturated rings. The molecule has 0 aromatic heterocycles. The van der Waals surface area contributed by atoms with Gasteiger partial charge in [-0.15, -0.1) is 0 Å². The van der Waals surface area contributed by atoms with Crippen LogP contribution in [0.15, 0.2) is 30.3 Å². The van der Waals surface area contributed by atoms with Crippen LogP contribution in [0.4, 0.5) is 0 Å². The molecule has 70 valence electrons. The van der Waals surface area contributed by atoms with E-state index in [4.69, 9.17) is 4.74 Å². The van der Waals surface area contributed by atoms with E-state index in [1.807, 2.05) is 18.2 Å². The molecule has 0 atom stereocenters. The molecule has 0 saturated carbocycles. The van der Waals surface area contributed by atoms with Crippen molar-refractivity contribution in [3.05, 3.63) is 35.9 Å². The Balaban J connectivity index is 2.74. The van der Waals surface area contributed by atoms with E-state index in [9.17, 15) is 0 Å². The van der Waals surface area contributed by atoms with E-state index < -0.39 is 0 Å². The summed E-state index contributed by atoms with van der Waals surface area (Å²) in [5, 5.41) is 0. The van der Waals surface area contributed by atoms with Crippen molar-refractivity contribution < 1.29 is 4.74 Å². The maximum absolute atomic E-state index is 5.22. The van der Waals surface area contributed by atoms with Crippen molar-refractivity contribution in [2.45, 2.75) is 19.8 Å². The Morgan fingerprint density at radius 3 is 2.77 bits per heavy atom. The van der Waals surface area contributed by atoms with E-state index in [1.165, 1.54) is 6.42 Å². The van der Waals surface area contributed by atoms with Crippen molar-refractivity contribution >= 4 is 6.08 Å². The number of unbranched alkanes of at least 4 members (excludes halogenated alkanes) is 1. The molecule has 0 amide bonds. The van der Waals surface area contributed by atoms with Crippen molar-refractivity contribution in [2.24, 2.45) is 0 Å². The van der Waals surface area contributed by atoms with Crippen LogP contribution in [0.3, 0.4) is 0 Å². The van der Waals surface area contributed by atoms with Crippen molar-refractivity contribution in [1.29, 1.82) is 0 Å². The zero-order valence-electron chi connectivity index (χ0n) is 8.29. The first-order valence-corrected chi connectivity index (χ1v) is 4.68. The second-order valence-corrected chi connectivity index (χ2v) is 2.93. The summed E-state index contributed by atoms with van der Waals surface area (Å²) in [6.45, 7) is 2.17. The fraction of sp³-hybridized carbons (Fsp3) is 0.333. The van der Waals surface area contributed by atoms with Crippen LogP contribution >= 0.6 is 0 Å². The lowest BCUT2D eigenvalue weighted by atomic mass is 10.1. The first-order chi connectivity index (χ1) is 6.38. The number of allylic oxidation sites excluding steroid dienone is 1. The highest BCUT2D eigenvalue weighted by atomic mass is 16.5. The van der Waals surface area contributed by atoms with Crippen molar-refractivity contribution in [3.8, 4) is 5.75 Å². The van der Waals surface area contributed by atoms with Crippen LogP contribution in [0.25, 0.3) is 6.08 Å². The molecule has 0 heterocycles. The molecule has 0 aliphatic rings. The molecular weight excluding hydrogens is 160 g/mol. The van der Waals surface area contributed by atoms with Crippen molar-refractivity contribution in [3.63, 3.8) is 0 Å². The normalized spacial score (nSPS) is 10.6. The van der Waals surface area contributed by atoms with Gasteiger partial charge in [0, 0.05) is 5.56 Å². The minimum absolute atomic E-state index is 0.940. The summed E-state index contributed by atoms with van der Waals surface area (Å²) in [4.78, 5) is 0. The zero-order valence-corrected chi connectivity index (χ0v) is 8.29. The van der Waals surface area contributed by atoms with Crippen LogP contribution in [0.5, 0.6) is 5.75 Å². The van der Waals surface area contributed by atoms with Crippen LogP contribution in [0.1, 0.15) is 25.3 Å².